The predicted octanol–water partition coefficient (Wildman–Crippen LogP) is 1.44. The molecule has 6 atom stereocenters. The van der Waals surface area contributed by atoms with Crippen molar-refractivity contribution in [2.45, 2.75) is 62.9 Å². The van der Waals surface area contributed by atoms with Crippen molar-refractivity contribution in [3.63, 3.8) is 0 Å². The molecule has 0 amide bonds. The maximum absolute atomic E-state index is 9.85. The molecule has 0 aromatic rings. The second-order valence-electron chi connectivity index (χ2n) is 6.87. The quantitative estimate of drug-likeness (QED) is 0.846. The highest BCUT2D eigenvalue weighted by Gasteiger charge is 2.52. The molecule has 6 heteroatoms. The minimum Gasteiger partial charge on any atom is -0.368 e. The Morgan fingerprint density at radius 2 is 2.00 bits per heavy atom. The molecule has 3 heterocycles. The van der Waals surface area contributed by atoms with Crippen LogP contribution in [0.2, 0.25) is 0 Å². The van der Waals surface area contributed by atoms with E-state index in [4.69, 9.17) is 14.2 Å². The van der Waals surface area contributed by atoms with Crippen LogP contribution >= 0.6 is 11.8 Å². The van der Waals surface area contributed by atoms with Crippen LogP contribution in [0, 0.1) is 5.92 Å². The van der Waals surface area contributed by atoms with Gasteiger partial charge in [0.1, 0.15) is 0 Å². The van der Waals surface area contributed by atoms with Crippen molar-refractivity contribution >= 4 is 11.8 Å². The summed E-state index contributed by atoms with van der Waals surface area (Å²) >= 11 is 2.03. The Labute approximate surface area is 136 Å². The summed E-state index contributed by atoms with van der Waals surface area (Å²) in [6, 6.07) is 0.383. The molecule has 0 aromatic carbocycles. The van der Waals surface area contributed by atoms with E-state index < -0.39 is 6.29 Å². The smallest absolute Gasteiger partial charge is 0.158 e. The largest absolute Gasteiger partial charge is 0.368 e. The number of thioether (sulfide) groups is 1. The van der Waals surface area contributed by atoms with Gasteiger partial charge in [-0.05, 0) is 19.3 Å². The molecule has 5 nitrogen and oxygen atoms in total. The van der Waals surface area contributed by atoms with Crippen LogP contribution in [0.3, 0.4) is 0 Å². The standard InChI is InChI=1S/C16H27NO4S/c18-14-9-11-12(20-14)10-13(21-15-3-1-2-6-19-15)16(11)17-4-7-22-8-5-17/h11-16,18H,1-10H2/t11-,12-,13-,14?,15?,16?/m0/s1. The molecular weight excluding hydrogens is 302 g/mol. The van der Waals surface area contributed by atoms with Crippen molar-refractivity contribution in [3.05, 3.63) is 0 Å². The Bertz CT molecular complexity index is 373. The molecule has 1 N–H and O–H groups in total. The van der Waals surface area contributed by atoms with E-state index in [1.54, 1.807) is 0 Å². The third-order valence-electron chi connectivity index (χ3n) is 5.50. The molecule has 0 aromatic heterocycles. The average molecular weight is 329 g/mol. The minimum absolute atomic E-state index is 0.0378. The van der Waals surface area contributed by atoms with E-state index in [-0.39, 0.29) is 18.5 Å². The zero-order valence-electron chi connectivity index (χ0n) is 13.1. The third kappa shape index (κ3) is 3.19. The highest BCUT2D eigenvalue weighted by molar-refractivity contribution is 7.99. The molecule has 1 saturated carbocycles. The molecule has 22 heavy (non-hydrogen) atoms. The van der Waals surface area contributed by atoms with Gasteiger partial charge in [-0.3, -0.25) is 4.90 Å². The first-order valence-electron chi connectivity index (χ1n) is 8.73. The summed E-state index contributed by atoms with van der Waals surface area (Å²) in [5.41, 5.74) is 0. The second kappa shape index (κ2) is 6.95. The number of hydrogen-bond acceptors (Lipinski definition) is 6. The van der Waals surface area contributed by atoms with Gasteiger partial charge < -0.3 is 19.3 Å². The minimum atomic E-state index is -0.580. The molecule has 0 bridgehead atoms. The Hall–Kier alpha value is 0.150. The first-order valence-corrected chi connectivity index (χ1v) is 9.89. The molecule has 4 fully saturated rings. The highest BCUT2D eigenvalue weighted by Crippen LogP contribution is 2.43. The van der Waals surface area contributed by atoms with Crippen LogP contribution in [0.4, 0.5) is 0 Å². The zero-order valence-corrected chi connectivity index (χ0v) is 13.9. The van der Waals surface area contributed by atoms with Gasteiger partial charge >= 0.3 is 0 Å². The molecule has 1 aliphatic carbocycles. The molecule has 3 unspecified atom stereocenters. The Morgan fingerprint density at radius 1 is 1.14 bits per heavy atom. The zero-order chi connectivity index (χ0) is 14.9. The summed E-state index contributed by atoms with van der Waals surface area (Å²) in [6.07, 6.45) is 4.74. The molecule has 3 aliphatic heterocycles. The fraction of sp³-hybridized carbons (Fsp3) is 1.00. The van der Waals surface area contributed by atoms with E-state index in [1.807, 2.05) is 11.8 Å². The monoisotopic (exact) mass is 329 g/mol. The average Bonchev–Trinajstić information content (AvgIpc) is 3.04. The highest BCUT2D eigenvalue weighted by atomic mass is 32.2. The van der Waals surface area contributed by atoms with Gasteiger partial charge in [-0.1, -0.05) is 0 Å². The van der Waals surface area contributed by atoms with Gasteiger partial charge in [0.25, 0.3) is 0 Å². The Balaban J connectivity index is 1.46. The predicted molar refractivity (Wildman–Crippen MR) is 84.8 cm³/mol. The van der Waals surface area contributed by atoms with Gasteiger partial charge in [-0.15, -0.1) is 0 Å². The topological polar surface area (TPSA) is 51.2 Å². The fourth-order valence-corrected chi connectivity index (χ4v) is 5.44. The normalized spacial score (nSPS) is 46.8. The number of nitrogens with zero attached hydrogens (tertiary/aromatic N) is 1. The van der Waals surface area contributed by atoms with Crippen molar-refractivity contribution in [1.82, 2.24) is 4.90 Å². The van der Waals surface area contributed by atoms with E-state index in [2.05, 4.69) is 4.90 Å². The van der Waals surface area contributed by atoms with Gasteiger partial charge in [-0.2, -0.15) is 11.8 Å². The number of rotatable bonds is 3. The maximum atomic E-state index is 9.85. The Morgan fingerprint density at radius 3 is 2.77 bits per heavy atom. The summed E-state index contributed by atoms with van der Waals surface area (Å²) in [5, 5.41) is 9.85. The molecule has 3 saturated heterocycles. The van der Waals surface area contributed by atoms with E-state index >= 15 is 0 Å². The van der Waals surface area contributed by atoms with Crippen molar-refractivity contribution in [3.8, 4) is 0 Å². The van der Waals surface area contributed by atoms with Gasteiger partial charge in [-0.25, -0.2) is 0 Å². The van der Waals surface area contributed by atoms with Crippen LogP contribution in [0.25, 0.3) is 0 Å². The maximum Gasteiger partial charge on any atom is 0.158 e. The molecular formula is C16H27NO4S. The number of aliphatic hydroxyl groups is 1. The molecule has 126 valence electrons. The van der Waals surface area contributed by atoms with Crippen LogP contribution in [-0.4, -0.2) is 72.0 Å². The van der Waals surface area contributed by atoms with Crippen molar-refractivity contribution in [2.75, 3.05) is 31.2 Å². The van der Waals surface area contributed by atoms with Gasteiger partial charge in [0.2, 0.25) is 0 Å². The first-order chi connectivity index (χ1) is 10.8. The van der Waals surface area contributed by atoms with Crippen LogP contribution in [0.1, 0.15) is 32.1 Å². The van der Waals surface area contributed by atoms with Crippen molar-refractivity contribution < 1.29 is 19.3 Å². The summed E-state index contributed by atoms with van der Waals surface area (Å²) in [4.78, 5) is 2.58. The van der Waals surface area contributed by atoms with Gasteiger partial charge in [0, 0.05) is 56.0 Å². The lowest BCUT2D eigenvalue weighted by molar-refractivity contribution is -0.201. The van der Waals surface area contributed by atoms with Crippen molar-refractivity contribution in [2.24, 2.45) is 5.92 Å². The summed E-state index contributed by atoms with van der Waals surface area (Å²) in [5.74, 6) is 2.81. The second-order valence-corrected chi connectivity index (χ2v) is 8.10. The van der Waals surface area contributed by atoms with E-state index in [9.17, 15) is 5.11 Å². The number of hydrogen-bond donors (Lipinski definition) is 1. The summed E-state index contributed by atoms with van der Waals surface area (Å²) < 4.78 is 17.9. The molecule has 4 rings (SSSR count). The number of aliphatic hydroxyl groups excluding tert-OH is 1. The lowest BCUT2D eigenvalue weighted by Gasteiger charge is -2.39. The third-order valence-corrected chi connectivity index (χ3v) is 6.44. The van der Waals surface area contributed by atoms with E-state index in [0.29, 0.717) is 12.0 Å². The van der Waals surface area contributed by atoms with E-state index in [1.165, 1.54) is 17.9 Å². The van der Waals surface area contributed by atoms with Crippen LogP contribution in [0.5, 0.6) is 0 Å². The van der Waals surface area contributed by atoms with Crippen LogP contribution in [-0.2, 0) is 14.2 Å². The Kier molecular flexibility index (Phi) is 4.95. The summed E-state index contributed by atoms with van der Waals surface area (Å²) in [7, 11) is 0. The lowest BCUT2D eigenvalue weighted by Crippen LogP contribution is -2.50. The summed E-state index contributed by atoms with van der Waals surface area (Å²) in [6.45, 7) is 3.07. The molecule has 0 radical (unpaired) electrons. The van der Waals surface area contributed by atoms with E-state index in [0.717, 1.165) is 45.4 Å². The molecule has 4 aliphatic rings. The van der Waals surface area contributed by atoms with Gasteiger partial charge in [0.05, 0.1) is 12.2 Å². The number of ether oxygens (including phenoxy) is 3. The lowest BCUT2D eigenvalue weighted by atomic mass is 9.97. The SMILES string of the molecule is OC1C[C@@H]2C(N3CCSCC3)[C@@H](OC3CCCCO3)C[C@@H]2O1. The number of fused-ring (bicyclic) bond motifs is 1. The van der Waals surface area contributed by atoms with Crippen molar-refractivity contribution in [1.29, 1.82) is 0 Å². The van der Waals surface area contributed by atoms with Crippen LogP contribution < -0.4 is 0 Å². The fourth-order valence-electron chi connectivity index (χ4n) is 4.51. The first kappa shape index (κ1) is 15.7. The van der Waals surface area contributed by atoms with Crippen LogP contribution in [0.15, 0.2) is 0 Å². The van der Waals surface area contributed by atoms with Gasteiger partial charge in [0.15, 0.2) is 12.6 Å². The molecule has 0 spiro atoms.